The standard InChI is InChI=1S/C12H18N2O3S/c1-3-18(16,17)7-6-14-10-4-5-11(9(2)15)12(13)8-10/h4-5,8,14H,3,6-7,13H2,1-2H3. The lowest BCUT2D eigenvalue weighted by Crippen LogP contribution is -2.17. The van der Waals surface area contributed by atoms with E-state index in [2.05, 4.69) is 5.32 Å². The van der Waals surface area contributed by atoms with Crippen molar-refractivity contribution in [2.75, 3.05) is 29.1 Å². The van der Waals surface area contributed by atoms with E-state index >= 15 is 0 Å². The molecule has 1 aromatic carbocycles. The minimum atomic E-state index is -2.97. The molecular weight excluding hydrogens is 252 g/mol. The van der Waals surface area contributed by atoms with Gasteiger partial charge in [0, 0.05) is 29.2 Å². The molecule has 0 aromatic heterocycles. The average molecular weight is 270 g/mol. The van der Waals surface area contributed by atoms with Gasteiger partial charge >= 0.3 is 0 Å². The Morgan fingerprint density at radius 2 is 2.06 bits per heavy atom. The normalized spacial score (nSPS) is 11.2. The molecule has 1 rings (SSSR count). The van der Waals surface area contributed by atoms with Gasteiger partial charge in [-0.25, -0.2) is 8.42 Å². The third-order valence-electron chi connectivity index (χ3n) is 2.61. The summed E-state index contributed by atoms with van der Waals surface area (Å²) < 4.78 is 22.6. The van der Waals surface area contributed by atoms with Crippen LogP contribution in [0.3, 0.4) is 0 Å². The maximum absolute atomic E-state index is 11.3. The van der Waals surface area contributed by atoms with E-state index in [4.69, 9.17) is 5.73 Å². The number of benzene rings is 1. The van der Waals surface area contributed by atoms with Crippen LogP contribution in [0.5, 0.6) is 0 Å². The van der Waals surface area contributed by atoms with Crippen molar-refractivity contribution in [1.29, 1.82) is 0 Å². The zero-order valence-electron chi connectivity index (χ0n) is 10.6. The van der Waals surface area contributed by atoms with Crippen molar-refractivity contribution in [3.05, 3.63) is 23.8 Å². The van der Waals surface area contributed by atoms with Crippen LogP contribution in [0.4, 0.5) is 11.4 Å². The summed E-state index contributed by atoms with van der Waals surface area (Å²) in [4.78, 5) is 11.2. The quantitative estimate of drug-likeness (QED) is 0.601. The van der Waals surface area contributed by atoms with Crippen LogP contribution in [0.25, 0.3) is 0 Å². The second-order valence-corrected chi connectivity index (χ2v) is 6.49. The maximum Gasteiger partial charge on any atom is 0.161 e. The first kappa shape index (κ1) is 14.5. The molecule has 0 radical (unpaired) electrons. The Morgan fingerprint density at radius 1 is 1.39 bits per heavy atom. The molecule has 0 bridgehead atoms. The number of anilines is 2. The Morgan fingerprint density at radius 3 is 2.56 bits per heavy atom. The number of carbonyl (C=O) groups excluding carboxylic acids is 1. The summed E-state index contributed by atoms with van der Waals surface area (Å²) in [5, 5.41) is 2.97. The number of hydrogen-bond acceptors (Lipinski definition) is 5. The van der Waals surface area contributed by atoms with E-state index in [0.29, 0.717) is 23.5 Å². The summed E-state index contributed by atoms with van der Waals surface area (Å²) in [5.74, 6) is 0.130. The van der Waals surface area contributed by atoms with Gasteiger partial charge in [-0.1, -0.05) is 6.92 Å². The first-order chi connectivity index (χ1) is 8.35. The van der Waals surface area contributed by atoms with Gasteiger partial charge in [-0.15, -0.1) is 0 Å². The van der Waals surface area contributed by atoms with Crippen molar-refractivity contribution < 1.29 is 13.2 Å². The second kappa shape index (κ2) is 5.86. The zero-order chi connectivity index (χ0) is 13.8. The summed E-state index contributed by atoms with van der Waals surface area (Å²) in [6.45, 7) is 3.40. The number of hydrogen-bond donors (Lipinski definition) is 2. The topological polar surface area (TPSA) is 89.3 Å². The van der Waals surface area contributed by atoms with E-state index in [1.165, 1.54) is 6.92 Å². The maximum atomic E-state index is 11.3. The van der Waals surface area contributed by atoms with Gasteiger partial charge < -0.3 is 11.1 Å². The van der Waals surface area contributed by atoms with Crippen LogP contribution in [-0.4, -0.2) is 32.3 Å². The highest BCUT2D eigenvalue weighted by atomic mass is 32.2. The predicted molar refractivity (Wildman–Crippen MR) is 73.7 cm³/mol. The number of nitrogens with two attached hydrogens (primary N) is 1. The van der Waals surface area contributed by atoms with Crippen molar-refractivity contribution in [2.45, 2.75) is 13.8 Å². The lowest BCUT2D eigenvalue weighted by atomic mass is 10.1. The Kier molecular flexibility index (Phi) is 4.72. The molecule has 0 aliphatic carbocycles. The third-order valence-corrected chi connectivity index (χ3v) is 4.32. The highest BCUT2D eigenvalue weighted by molar-refractivity contribution is 7.91. The van der Waals surface area contributed by atoms with E-state index in [1.54, 1.807) is 25.1 Å². The molecule has 0 unspecified atom stereocenters. The summed E-state index contributed by atoms with van der Waals surface area (Å²) in [6, 6.07) is 4.98. The Balaban J connectivity index is 2.65. The molecule has 3 N–H and O–H groups in total. The van der Waals surface area contributed by atoms with Crippen molar-refractivity contribution in [3.8, 4) is 0 Å². The molecule has 0 amide bonds. The molecule has 0 fully saturated rings. The Hall–Kier alpha value is -1.56. The number of Topliss-reactive ketones (excluding diaryl/α,β-unsaturated/α-hetero) is 1. The zero-order valence-corrected chi connectivity index (χ0v) is 11.4. The van der Waals surface area contributed by atoms with Gasteiger partial charge in [-0.05, 0) is 25.1 Å². The van der Waals surface area contributed by atoms with Crippen LogP contribution in [0.1, 0.15) is 24.2 Å². The summed E-state index contributed by atoms with van der Waals surface area (Å²) in [5.41, 5.74) is 7.31. The van der Waals surface area contributed by atoms with Gasteiger partial charge in [0.05, 0.1) is 5.75 Å². The lowest BCUT2D eigenvalue weighted by Gasteiger charge is -2.09. The van der Waals surface area contributed by atoms with Gasteiger partial charge in [0.2, 0.25) is 0 Å². The highest BCUT2D eigenvalue weighted by Gasteiger charge is 2.08. The predicted octanol–water partition coefficient (Wildman–Crippen LogP) is 1.32. The van der Waals surface area contributed by atoms with E-state index in [-0.39, 0.29) is 17.3 Å². The molecule has 0 aliphatic heterocycles. The van der Waals surface area contributed by atoms with E-state index < -0.39 is 9.84 Å². The van der Waals surface area contributed by atoms with E-state index in [1.807, 2.05) is 0 Å². The van der Waals surface area contributed by atoms with Gasteiger partial charge in [0.1, 0.15) is 0 Å². The fraction of sp³-hybridized carbons (Fsp3) is 0.417. The van der Waals surface area contributed by atoms with Crippen molar-refractivity contribution in [2.24, 2.45) is 0 Å². The third kappa shape index (κ3) is 4.03. The lowest BCUT2D eigenvalue weighted by molar-refractivity contribution is 0.101. The van der Waals surface area contributed by atoms with Crippen LogP contribution in [0, 0.1) is 0 Å². The van der Waals surface area contributed by atoms with Crippen LogP contribution in [-0.2, 0) is 9.84 Å². The first-order valence-corrected chi connectivity index (χ1v) is 7.52. The number of nitrogens with one attached hydrogen (secondary N) is 1. The smallest absolute Gasteiger partial charge is 0.161 e. The molecule has 0 atom stereocenters. The van der Waals surface area contributed by atoms with Crippen LogP contribution in [0.2, 0.25) is 0 Å². The second-order valence-electron chi connectivity index (χ2n) is 4.02. The first-order valence-electron chi connectivity index (χ1n) is 5.70. The number of rotatable bonds is 6. The highest BCUT2D eigenvalue weighted by Crippen LogP contribution is 2.18. The van der Waals surface area contributed by atoms with Gasteiger partial charge in [-0.2, -0.15) is 0 Å². The number of carbonyl (C=O) groups is 1. The Labute approximate surface area is 107 Å². The summed E-state index contributed by atoms with van der Waals surface area (Å²) in [7, 11) is -2.97. The van der Waals surface area contributed by atoms with Crippen LogP contribution < -0.4 is 11.1 Å². The number of nitrogen functional groups attached to an aromatic ring is 1. The van der Waals surface area contributed by atoms with E-state index in [0.717, 1.165) is 0 Å². The summed E-state index contributed by atoms with van der Waals surface area (Å²) in [6.07, 6.45) is 0. The largest absolute Gasteiger partial charge is 0.398 e. The molecule has 18 heavy (non-hydrogen) atoms. The average Bonchev–Trinajstić information content (AvgIpc) is 2.28. The molecule has 0 saturated carbocycles. The molecule has 5 nitrogen and oxygen atoms in total. The molecular formula is C12H18N2O3S. The van der Waals surface area contributed by atoms with Crippen molar-refractivity contribution in [1.82, 2.24) is 0 Å². The van der Waals surface area contributed by atoms with Gasteiger partial charge in [0.15, 0.2) is 15.6 Å². The molecule has 100 valence electrons. The van der Waals surface area contributed by atoms with Gasteiger partial charge in [-0.3, -0.25) is 4.79 Å². The monoisotopic (exact) mass is 270 g/mol. The number of sulfone groups is 1. The molecule has 6 heteroatoms. The minimum Gasteiger partial charge on any atom is -0.398 e. The SMILES string of the molecule is CCS(=O)(=O)CCNc1ccc(C(C)=O)c(N)c1. The van der Waals surface area contributed by atoms with Crippen molar-refractivity contribution in [3.63, 3.8) is 0 Å². The fourth-order valence-electron chi connectivity index (χ4n) is 1.49. The molecule has 0 heterocycles. The minimum absolute atomic E-state index is 0.0812. The number of ketones is 1. The summed E-state index contributed by atoms with van der Waals surface area (Å²) >= 11 is 0. The fourth-order valence-corrected chi connectivity index (χ4v) is 2.19. The Bertz CT molecular complexity index is 538. The van der Waals surface area contributed by atoms with Crippen LogP contribution in [0.15, 0.2) is 18.2 Å². The molecule has 1 aromatic rings. The van der Waals surface area contributed by atoms with Crippen molar-refractivity contribution >= 4 is 27.0 Å². The van der Waals surface area contributed by atoms with Gasteiger partial charge in [0.25, 0.3) is 0 Å². The molecule has 0 saturated heterocycles. The van der Waals surface area contributed by atoms with Crippen LogP contribution >= 0.6 is 0 Å². The van der Waals surface area contributed by atoms with E-state index in [9.17, 15) is 13.2 Å². The molecule has 0 aliphatic rings. The molecule has 0 spiro atoms.